The second kappa shape index (κ2) is 5.51. The summed E-state index contributed by atoms with van der Waals surface area (Å²) in [5.74, 6) is 0.353. The number of nitrogens with zero attached hydrogens (tertiary/aromatic N) is 1. The predicted molar refractivity (Wildman–Crippen MR) is 75.1 cm³/mol. The van der Waals surface area contributed by atoms with E-state index >= 15 is 0 Å². The largest absolute Gasteiger partial charge is 0.495 e. The average Bonchev–Trinajstić information content (AvgIpc) is 2.28. The van der Waals surface area contributed by atoms with E-state index in [0.717, 1.165) is 4.31 Å². The van der Waals surface area contributed by atoms with Crippen LogP contribution in [-0.2, 0) is 10.2 Å². The Kier molecular flexibility index (Phi) is 4.49. The maximum absolute atomic E-state index is 11.8. The molecule has 0 bridgehead atoms. The first-order valence-electron chi connectivity index (χ1n) is 4.96. The Morgan fingerprint density at radius 2 is 2.06 bits per heavy atom. The first-order valence-corrected chi connectivity index (χ1v) is 6.81. The van der Waals surface area contributed by atoms with E-state index < -0.39 is 10.2 Å². The summed E-state index contributed by atoms with van der Waals surface area (Å²) in [6.45, 7) is 0. The van der Waals surface area contributed by atoms with Gasteiger partial charge in [0.25, 0.3) is 0 Å². The van der Waals surface area contributed by atoms with Crippen molar-refractivity contribution in [3.63, 3.8) is 0 Å². The molecule has 0 saturated heterocycles. The Morgan fingerprint density at radius 3 is 2.50 bits per heavy atom. The van der Waals surface area contributed by atoms with E-state index in [4.69, 9.17) is 22.7 Å². The van der Waals surface area contributed by atoms with Crippen molar-refractivity contribution in [3.05, 3.63) is 23.8 Å². The number of benzene rings is 1. The first kappa shape index (κ1) is 14.7. The molecule has 0 heterocycles. The van der Waals surface area contributed by atoms with Gasteiger partial charge in [-0.15, -0.1) is 0 Å². The van der Waals surface area contributed by atoms with Crippen molar-refractivity contribution in [2.75, 3.05) is 25.9 Å². The third-order valence-corrected chi connectivity index (χ3v) is 3.87. The van der Waals surface area contributed by atoms with E-state index in [-0.39, 0.29) is 10.7 Å². The fourth-order valence-corrected chi connectivity index (χ4v) is 2.05. The fraction of sp³-hybridized carbons (Fsp3) is 0.300. The van der Waals surface area contributed by atoms with Gasteiger partial charge in [-0.05, 0) is 12.1 Å². The molecule has 1 aromatic carbocycles. The molecule has 0 spiro atoms. The van der Waals surface area contributed by atoms with Crippen LogP contribution in [0.2, 0.25) is 0 Å². The number of hydrogen-bond acceptors (Lipinski definition) is 4. The summed E-state index contributed by atoms with van der Waals surface area (Å²) >= 11 is 4.89. The number of nitrogens with one attached hydrogen (secondary N) is 1. The third-order valence-electron chi connectivity index (χ3n) is 2.22. The maximum Gasteiger partial charge on any atom is 0.301 e. The second-order valence-corrected chi connectivity index (χ2v) is 5.96. The summed E-state index contributed by atoms with van der Waals surface area (Å²) in [7, 11) is 0.615. The first-order chi connectivity index (χ1) is 8.29. The summed E-state index contributed by atoms with van der Waals surface area (Å²) in [5.41, 5.74) is 6.21. The number of nitrogens with two attached hydrogens (primary N) is 1. The molecule has 0 aliphatic heterocycles. The van der Waals surface area contributed by atoms with Crippen LogP contribution < -0.4 is 15.2 Å². The minimum absolute atomic E-state index is 0.0883. The van der Waals surface area contributed by atoms with Crippen LogP contribution in [0, 0.1) is 0 Å². The quantitative estimate of drug-likeness (QED) is 0.773. The molecule has 0 atom stereocenters. The lowest BCUT2D eigenvalue weighted by Gasteiger charge is -2.18. The van der Waals surface area contributed by atoms with Crippen molar-refractivity contribution in [2.24, 2.45) is 5.73 Å². The normalized spacial score (nSPS) is 11.3. The fourth-order valence-electron chi connectivity index (χ4n) is 1.23. The number of anilines is 1. The van der Waals surface area contributed by atoms with Gasteiger partial charge in [-0.25, -0.2) is 0 Å². The van der Waals surface area contributed by atoms with Gasteiger partial charge >= 0.3 is 10.2 Å². The molecule has 18 heavy (non-hydrogen) atoms. The summed E-state index contributed by atoms with van der Waals surface area (Å²) < 4.78 is 32.2. The SMILES string of the molecule is COc1cccc(C(N)=S)c1NS(=O)(=O)N(C)C. The van der Waals surface area contributed by atoms with Crippen molar-refractivity contribution in [1.82, 2.24) is 4.31 Å². The Bertz CT molecular complexity index is 555. The predicted octanol–water partition coefficient (Wildman–Crippen LogP) is 0.548. The van der Waals surface area contributed by atoms with E-state index in [2.05, 4.69) is 4.72 Å². The van der Waals surface area contributed by atoms with Crippen molar-refractivity contribution < 1.29 is 13.2 Å². The van der Waals surface area contributed by atoms with E-state index in [0.29, 0.717) is 11.3 Å². The molecule has 1 rings (SSSR count). The lowest BCUT2D eigenvalue weighted by atomic mass is 10.1. The Balaban J connectivity index is 3.34. The minimum Gasteiger partial charge on any atom is -0.495 e. The molecule has 3 N–H and O–H groups in total. The second-order valence-electron chi connectivity index (χ2n) is 3.64. The van der Waals surface area contributed by atoms with E-state index in [9.17, 15) is 8.42 Å². The summed E-state index contributed by atoms with van der Waals surface area (Å²) in [5, 5.41) is 0. The molecule has 0 saturated carbocycles. The van der Waals surface area contributed by atoms with Crippen molar-refractivity contribution in [1.29, 1.82) is 0 Å². The molecular weight excluding hydrogens is 274 g/mol. The standard InChI is InChI=1S/C10H15N3O3S2/c1-13(2)18(14,15)12-9-7(10(11)17)5-4-6-8(9)16-3/h4-6,12H,1-3H3,(H2,11,17). The lowest BCUT2D eigenvalue weighted by molar-refractivity contribution is 0.416. The molecule has 8 heteroatoms. The van der Waals surface area contributed by atoms with Gasteiger partial charge < -0.3 is 10.5 Å². The highest BCUT2D eigenvalue weighted by Crippen LogP contribution is 2.29. The highest BCUT2D eigenvalue weighted by molar-refractivity contribution is 7.90. The zero-order chi connectivity index (χ0) is 13.9. The van der Waals surface area contributed by atoms with Crippen LogP contribution in [0.4, 0.5) is 5.69 Å². The molecule has 0 aromatic heterocycles. The number of hydrogen-bond donors (Lipinski definition) is 2. The zero-order valence-corrected chi connectivity index (χ0v) is 11.9. The molecule has 0 amide bonds. The number of thiocarbonyl (C=S) groups is 1. The Hall–Kier alpha value is -1.38. The van der Waals surface area contributed by atoms with Gasteiger partial charge in [0.2, 0.25) is 0 Å². The summed E-state index contributed by atoms with van der Waals surface area (Å²) in [4.78, 5) is 0.0883. The summed E-state index contributed by atoms with van der Waals surface area (Å²) in [6.07, 6.45) is 0. The van der Waals surface area contributed by atoms with E-state index in [1.807, 2.05) is 0 Å². The van der Waals surface area contributed by atoms with Crippen LogP contribution >= 0.6 is 12.2 Å². The van der Waals surface area contributed by atoms with Crippen LogP contribution in [0.15, 0.2) is 18.2 Å². The van der Waals surface area contributed by atoms with Crippen LogP contribution in [-0.4, -0.2) is 38.9 Å². The topological polar surface area (TPSA) is 84.7 Å². The molecule has 1 aromatic rings. The highest BCUT2D eigenvalue weighted by Gasteiger charge is 2.19. The van der Waals surface area contributed by atoms with E-state index in [1.165, 1.54) is 21.2 Å². The van der Waals surface area contributed by atoms with Crippen LogP contribution in [0.5, 0.6) is 5.75 Å². The van der Waals surface area contributed by atoms with Crippen molar-refractivity contribution in [3.8, 4) is 5.75 Å². The van der Waals surface area contributed by atoms with E-state index in [1.54, 1.807) is 18.2 Å². The Morgan fingerprint density at radius 1 is 1.44 bits per heavy atom. The maximum atomic E-state index is 11.8. The number of methoxy groups -OCH3 is 1. The number of para-hydroxylation sites is 1. The van der Waals surface area contributed by atoms with Crippen LogP contribution in [0.1, 0.15) is 5.56 Å². The smallest absolute Gasteiger partial charge is 0.301 e. The molecule has 0 aliphatic rings. The minimum atomic E-state index is -3.65. The zero-order valence-electron chi connectivity index (χ0n) is 10.3. The van der Waals surface area contributed by atoms with Gasteiger partial charge in [0, 0.05) is 19.7 Å². The molecule has 6 nitrogen and oxygen atoms in total. The van der Waals surface area contributed by atoms with Gasteiger partial charge in [0.15, 0.2) is 0 Å². The lowest BCUT2D eigenvalue weighted by Crippen LogP contribution is -2.30. The summed E-state index contributed by atoms with van der Waals surface area (Å²) in [6, 6.07) is 4.93. The molecule has 0 aliphatic carbocycles. The number of rotatable bonds is 5. The molecular formula is C10H15N3O3S2. The highest BCUT2D eigenvalue weighted by atomic mass is 32.2. The van der Waals surface area contributed by atoms with Crippen LogP contribution in [0.25, 0.3) is 0 Å². The monoisotopic (exact) mass is 289 g/mol. The molecule has 0 radical (unpaired) electrons. The van der Waals surface area contributed by atoms with Gasteiger partial charge in [-0.1, -0.05) is 18.3 Å². The van der Waals surface area contributed by atoms with Crippen molar-refractivity contribution in [2.45, 2.75) is 0 Å². The van der Waals surface area contributed by atoms with Gasteiger partial charge in [-0.3, -0.25) is 4.72 Å². The van der Waals surface area contributed by atoms with Gasteiger partial charge in [-0.2, -0.15) is 12.7 Å². The molecule has 100 valence electrons. The van der Waals surface area contributed by atoms with Crippen molar-refractivity contribution >= 4 is 33.1 Å². The van der Waals surface area contributed by atoms with Crippen LogP contribution in [0.3, 0.4) is 0 Å². The Labute approximate surface area is 112 Å². The van der Waals surface area contributed by atoms with Gasteiger partial charge in [0.05, 0.1) is 7.11 Å². The van der Waals surface area contributed by atoms with Gasteiger partial charge in [0.1, 0.15) is 16.4 Å². The molecule has 0 fully saturated rings. The third kappa shape index (κ3) is 3.09. The average molecular weight is 289 g/mol. The molecule has 0 unspecified atom stereocenters. The number of ether oxygens (including phenoxy) is 1.